The average Bonchev–Trinajstić information content (AvgIpc) is 2.08. The van der Waals surface area contributed by atoms with Gasteiger partial charge in [-0.3, -0.25) is 0 Å². The standard InChI is InChI=1S/C12H25N/c1-8(2)12(13)11-6-5-9(3)10(4)7-11/h8-12H,5-7,13H2,1-4H3. The molecule has 0 saturated heterocycles. The van der Waals surface area contributed by atoms with E-state index >= 15 is 0 Å². The van der Waals surface area contributed by atoms with E-state index < -0.39 is 0 Å². The van der Waals surface area contributed by atoms with E-state index in [4.69, 9.17) is 5.73 Å². The lowest BCUT2D eigenvalue weighted by atomic mass is 9.71. The maximum Gasteiger partial charge on any atom is 0.00904 e. The fourth-order valence-corrected chi connectivity index (χ4v) is 2.48. The molecule has 78 valence electrons. The van der Waals surface area contributed by atoms with Crippen LogP contribution in [0.3, 0.4) is 0 Å². The van der Waals surface area contributed by atoms with Gasteiger partial charge in [0.25, 0.3) is 0 Å². The molecular weight excluding hydrogens is 158 g/mol. The molecule has 1 aliphatic rings. The van der Waals surface area contributed by atoms with Gasteiger partial charge in [-0.05, 0) is 36.5 Å². The van der Waals surface area contributed by atoms with Crippen LogP contribution in [0.1, 0.15) is 47.0 Å². The molecule has 0 aliphatic heterocycles. The predicted octanol–water partition coefficient (Wildman–Crippen LogP) is 3.04. The van der Waals surface area contributed by atoms with Crippen LogP contribution in [-0.4, -0.2) is 6.04 Å². The summed E-state index contributed by atoms with van der Waals surface area (Å²) in [6.45, 7) is 9.24. The largest absolute Gasteiger partial charge is 0.327 e. The van der Waals surface area contributed by atoms with Crippen LogP contribution in [0, 0.1) is 23.7 Å². The van der Waals surface area contributed by atoms with Gasteiger partial charge in [0.2, 0.25) is 0 Å². The van der Waals surface area contributed by atoms with Crippen molar-refractivity contribution >= 4 is 0 Å². The van der Waals surface area contributed by atoms with E-state index in [9.17, 15) is 0 Å². The van der Waals surface area contributed by atoms with E-state index in [1.807, 2.05) is 0 Å². The van der Waals surface area contributed by atoms with Crippen molar-refractivity contribution in [3.05, 3.63) is 0 Å². The van der Waals surface area contributed by atoms with Crippen LogP contribution in [0.15, 0.2) is 0 Å². The molecule has 0 bridgehead atoms. The Kier molecular flexibility index (Phi) is 3.78. The van der Waals surface area contributed by atoms with Crippen LogP contribution < -0.4 is 5.73 Å². The van der Waals surface area contributed by atoms with Crippen LogP contribution in [0.4, 0.5) is 0 Å². The second-order valence-corrected chi connectivity index (χ2v) is 5.35. The highest BCUT2D eigenvalue weighted by Gasteiger charge is 2.29. The highest BCUT2D eigenvalue weighted by atomic mass is 14.7. The first-order valence-electron chi connectivity index (χ1n) is 5.78. The van der Waals surface area contributed by atoms with E-state index in [0.717, 1.165) is 17.8 Å². The van der Waals surface area contributed by atoms with Gasteiger partial charge < -0.3 is 5.73 Å². The molecular formula is C12H25N. The lowest BCUT2D eigenvalue weighted by Crippen LogP contribution is -2.38. The number of nitrogens with two attached hydrogens (primary N) is 1. The first-order chi connectivity index (χ1) is 6.02. The van der Waals surface area contributed by atoms with Gasteiger partial charge in [-0.25, -0.2) is 0 Å². The SMILES string of the molecule is CC(C)C(N)C1CCC(C)C(C)C1. The minimum Gasteiger partial charge on any atom is -0.327 e. The highest BCUT2D eigenvalue weighted by molar-refractivity contribution is 4.83. The summed E-state index contributed by atoms with van der Waals surface area (Å²) in [5.74, 6) is 3.22. The maximum absolute atomic E-state index is 6.20. The van der Waals surface area contributed by atoms with E-state index in [1.165, 1.54) is 19.3 Å². The van der Waals surface area contributed by atoms with Gasteiger partial charge in [0.05, 0.1) is 0 Å². The van der Waals surface area contributed by atoms with Gasteiger partial charge in [-0.15, -0.1) is 0 Å². The Morgan fingerprint density at radius 3 is 2.15 bits per heavy atom. The number of rotatable bonds is 2. The normalized spacial score (nSPS) is 37.8. The average molecular weight is 183 g/mol. The molecule has 0 amide bonds. The smallest absolute Gasteiger partial charge is 0.00904 e. The minimum absolute atomic E-state index is 0.426. The molecule has 1 fully saturated rings. The molecule has 1 saturated carbocycles. The molecule has 1 nitrogen and oxygen atoms in total. The third-order valence-electron chi connectivity index (χ3n) is 3.95. The van der Waals surface area contributed by atoms with E-state index in [2.05, 4.69) is 27.7 Å². The summed E-state index contributed by atoms with van der Waals surface area (Å²) in [5, 5.41) is 0. The summed E-state index contributed by atoms with van der Waals surface area (Å²) in [5.41, 5.74) is 6.20. The molecule has 1 heteroatoms. The van der Waals surface area contributed by atoms with Gasteiger partial charge in [0.1, 0.15) is 0 Å². The molecule has 1 aliphatic carbocycles. The Hall–Kier alpha value is -0.0400. The topological polar surface area (TPSA) is 26.0 Å². The summed E-state index contributed by atoms with van der Waals surface area (Å²) in [6.07, 6.45) is 4.08. The fraction of sp³-hybridized carbons (Fsp3) is 1.00. The lowest BCUT2D eigenvalue weighted by Gasteiger charge is -2.36. The second kappa shape index (κ2) is 4.45. The molecule has 2 N–H and O–H groups in total. The molecule has 0 aromatic heterocycles. The van der Waals surface area contributed by atoms with Crippen molar-refractivity contribution in [2.24, 2.45) is 29.4 Å². The molecule has 0 heterocycles. The maximum atomic E-state index is 6.20. The van der Waals surface area contributed by atoms with Crippen molar-refractivity contribution < 1.29 is 0 Å². The van der Waals surface area contributed by atoms with Gasteiger partial charge in [0, 0.05) is 6.04 Å². The van der Waals surface area contributed by atoms with Crippen molar-refractivity contribution in [1.29, 1.82) is 0 Å². The first-order valence-corrected chi connectivity index (χ1v) is 5.78. The van der Waals surface area contributed by atoms with Crippen LogP contribution in [0.2, 0.25) is 0 Å². The van der Waals surface area contributed by atoms with E-state index in [-0.39, 0.29) is 0 Å². The summed E-state index contributed by atoms with van der Waals surface area (Å²) in [6, 6.07) is 0.426. The minimum atomic E-state index is 0.426. The number of hydrogen-bond donors (Lipinski definition) is 1. The zero-order valence-corrected chi connectivity index (χ0v) is 9.59. The molecule has 0 spiro atoms. The molecule has 4 atom stereocenters. The van der Waals surface area contributed by atoms with Crippen molar-refractivity contribution in [1.82, 2.24) is 0 Å². The number of hydrogen-bond acceptors (Lipinski definition) is 1. The summed E-state index contributed by atoms with van der Waals surface area (Å²) >= 11 is 0. The monoisotopic (exact) mass is 183 g/mol. The van der Waals surface area contributed by atoms with Crippen molar-refractivity contribution in [3.63, 3.8) is 0 Å². The summed E-state index contributed by atoms with van der Waals surface area (Å²) < 4.78 is 0. The van der Waals surface area contributed by atoms with Crippen LogP contribution in [-0.2, 0) is 0 Å². The Morgan fingerprint density at radius 1 is 1.08 bits per heavy atom. The summed E-state index contributed by atoms with van der Waals surface area (Å²) in [7, 11) is 0. The first kappa shape index (κ1) is 11.0. The molecule has 1 rings (SSSR count). The molecule has 13 heavy (non-hydrogen) atoms. The Balaban J connectivity index is 2.45. The molecule has 4 unspecified atom stereocenters. The van der Waals surface area contributed by atoms with E-state index in [0.29, 0.717) is 12.0 Å². The van der Waals surface area contributed by atoms with Crippen molar-refractivity contribution in [2.75, 3.05) is 0 Å². The fourth-order valence-electron chi connectivity index (χ4n) is 2.48. The third kappa shape index (κ3) is 2.70. The van der Waals surface area contributed by atoms with E-state index in [1.54, 1.807) is 0 Å². The Labute approximate surface area is 83.1 Å². The van der Waals surface area contributed by atoms with Gasteiger partial charge in [-0.1, -0.05) is 34.1 Å². The zero-order chi connectivity index (χ0) is 10.0. The van der Waals surface area contributed by atoms with Gasteiger partial charge in [-0.2, -0.15) is 0 Å². The Morgan fingerprint density at radius 2 is 1.69 bits per heavy atom. The highest BCUT2D eigenvalue weighted by Crippen LogP contribution is 2.35. The van der Waals surface area contributed by atoms with Crippen LogP contribution >= 0.6 is 0 Å². The van der Waals surface area contributed by atoms with Crippen molar-refractivity contribution in [2.45, 2.75) is 53.0 Å². The quantitative estimate of drug-likeness (QED) is 0.699. The molecule has 0 radical (unpaired) electrons. The Bertz CT molecular complexity index is 153. The van der Waals surface area contributed by atoms with Gasteiger partial charge in [0.15, 0.2) is 0 Å². The van der Waals surface area contributed by atoms with Crippen LogP contribution in [0.5, 0.6) is 0 Å². The van der Waals surface area contributed by atoms with Gasteiger partial charge >= 0.3 is 0 Å². The van der Waals surface area contributed by atoms with Crippen LogP contribution in [0.25, 0.3) is 0 Å². The summed E-state index contributed by atoms with van der Waals surface area (Å²) in [4.78, 5) is 0. The second-order valence-electron chi connectivity index (χ2n) is 5.35. The molecule has 0 aromatic rings. The third-order valence-corrected chi connectivity index (χ3v) is 3.95. The lowest BCUT2D eigenvalue weighted by molar-refractivity contribution is 0.168. The molecule has 0 aromatic carbocycles. The van der Waals surface area contributed by atoms with Crippen molar-refractivity contribution in [3.8, 4) is 0 Å². The zero-order valence-electron chi connectivity index (χ0n) is 9.59. The predicted molar refractivity (Wildman–Crippen MR) is 58.5 cm³/mol.